The summed E-state index contributed by atoms with van der Waals surface area (Å²) in [4.78, 5) is 0. The molecule has 6 nitrogen and oxygen atoms in total. The normalized spacial score (nSPS) is 10.6. The summed E-state index contributed by atoms with van der Waals surface area (Å²) in [6.45, 7) is 6.32. The minimum atomic E-state index is -5.17. The van der Waals surface area contributed by atoms with Crippen LogP contribution in [0.3, 0.4) is 0 Å². The zero-order valence-corrected chi connectivity index (χ0v) is 10.6. The Labute approximate surface area is 102 Å². The second kappa shape index (κ2) is 8.02. The monoisotopic (exact) mass is 260 g/mol. The maximum atomic E-state index is 8.52. The van der Waals surface area contributed by atoms with Crippen molar-refractivity contribution in [3.8, 4) is 0 Å². The van der Waals surface area contributed by atoms with E-state index in [1.807, 2.05) is 18.2 Å². The highest BCUT2D eigenvalue weighted by atomic mass is 32.3. The van der Waals surface area contributed by atoms with Crippen LogP contribution in [0.15, 0.2) is 30.3 Å². The van der Waals surface area contributed by atoms with Gasteiger partial charge in [-0.15, -0.1) is 0 Å². The molecule has 0 saturated carbocycles. The van der Waals surface area contributed by atoms with Crippen molar-refractivity contribution < 1.29 is 17.5 Å². The van der Waals surface area contributed by atoms with Gasteiger partial charge in [-0.1, -0.05) is 32.0 Å². The standard InChI is InChI=1S/C10H16N2.H2O4S/c1-3-12(4-2)11-10-8-6-5-7-9-10;1-5(2,3)4/h5-9,11H,3-4H2,1-2H3;(H2,1,2,3,4)/p-2. The summed E-state index contributed by atoms with van der Waals surface area (Å²) in [5.41, 5.74) is 4.47. The molecule has 0 radical (unpaired) electrons. The number of para-hydroxylation sites is 1. The second-order valence-corrected chi connectivity index (χ2v) is 3.87. The van der Waals surface area contributed by atoms with Crippen LogP contribution in [0.1, 0.15) is 13.8 Å². The molecule has 98 valence electrons. The van der Waals surface area contributed by atoms with E-state index in [2.05, 4.69) is 36.4 Å². The van der Waals surface area contributed by atoms with Gasteiger partial charge in [0, 0.05) is 29.2 Å². The molecule has 1 aromatic rings. The lowest BCUT2D eigenvalue weighted by atomic mass is 10.3. The van der Waals surface area contributed by atoms with E-state index in [4.69, 9.17) is 17.5 Å². The second-order valence-electron chi connectivity index (χ2n) is 3.06. The highest BCUT2D eigenvalue weighted by Crippen LogP contribution is 2.05. The molecule has 0 saturated heterocycles. The van der Waals surface area contributed by atoms with Gasteiger partial charge < -0.3 is 14.5 Å². The van der Waals surface area contributed by atoms with Crippen LogP contribution in [-0.2, 0) is 10.4 Å². The quantitative estimate of drug-likeness (QED) is 0.493. The first-order valence-corrected chi connectivity index (χ1v) is 6.43. The van der Waals surface area contributed by atoms with Crippen LogP contribution in [0.25, 0.3) is 0 Å². The molecule has 0 aliphatic carbocycles. The van der Waals surface area contributed by atoms with Crippen molar-refractivity contribution in [1.82, 2.24) is 5.01 Å². The summed E-state index contributed by atoms with van der Waals surface area (Å²) < 4.78 is 34.1. The third-order valence-electron chi connectivity index (χ3n) is 1.82. The van der Waals surface area contributed by atoms with Crippen LogP contribution in [0.2, 0.25) is 0 Å². The summed E-state index contributed by atoms with van der Waals surface area (Å²) >= 11 is 0. The van der Waals surface area contributed by atoms with Crippen LogP contribution < -0.4 is 5.43 Å². The van der Waals surface area contributed by atoms with E-state index >= 15 is 0 Å². The lowest BCUT2D eigenvalue weighted by Gasteiger charge is -2.20. The first kappa shape index (κ1) is 15.9. The summed E-state index contributed by atoms with van der Waals surface area (Å²) in [5, 5.41) is 2.16. The summed E-state index contributed by atoms with van der Waals surface area (Å²) in [5.74, 6) is 0. The highest BCUT2D eigenvalue weighted by Gasteiger charge is 1.96. The average molecular weight is 260 g/mol. The predicted molar refractivity (Wildman–Crippen MR) is 63.5 cm³/mol. The van der Waals surface area contributed by atoms with Crippen molar-refractivity contribution in [2.24, 2.45) is 0 Å². The van der Waals surface area contributed by atoms with Crippen molar-refractivity contribution in [2.75, 3.05) is 18.5 Å². The zero-order valence-electron chi connectivity index (χ0n) is 9.79. The first-order valence-electron chi connectivity index (χ1n) is 5.10. The molecule has 17 heavy (non-hydrogen) atoms. The van der Waals surface area contributed by atoms with E-state index in [1.54, 1.807) is 0 Å². The van der Waals surface area contributed by atoms with E-state index < -0.39 is 10.4 Å². The van der Waals surface area contributed by atoms with E-state index in [9.17, 15) is 0 Å². The molecule has 0 aliphatic rings. The highest BCUT2D eigenvalue weighted by molar-refractivity contribution is 7.79. The molecule has 0 atom stereocenters. The van der Waals surface area contributed by atoms with Gasteiger partial charge in [-0.25, -0.2) is 5.01 Å². The molecule has 0 heterocycles. The topological polar surface area (TPSA) is 95.5 Å². The van der Waals surface area contributed by atoms with E-state index in [-0.39, 0.29) is 0 Å². The number of hydrogen-bond donors (Lipinski definition) is 1. The van der Waals surface area contributed by atoms with Gasteiger partial charge >= 0.3 is 0 Å². The SMILES string of the molecule is CCN(CC)Nc1ccccc1.O=S(=O)([O-])[O-]. The number of nitrogens with one attached hydrogen (secondary N) is 1. The van der Waals surface area contributed by atoms with E-state index in [1.165, 1.54) is 0 Å². The molecule has 0 aromatic heterocycles. The summed E-state index contributed by atoms with van der Waals surface area (Å²) in [6, 6.07) is 10.2. The Morgan fingerprint density at radius 2 is 1.53 bits per heavy atom. The number of hydrogen-bond acceptors (Lipinski definition) is 6. The van der Waals surface area contributed by atoms with Crippen LogP contribution in [0.5, 0.6) is 0 Å². The molecular weight excluding hydrogens is 244 g/mol. The Morgan fingerprint density at radius 3 is 1.88 bits per heavy atom. The Hall–Kier alpha value is -1.15. The number of rotatable bonds is 4. The number of benzene rings is 1. The minimum absolute atomic E-state index is 1.02. The van der Waals surface area contributed by atoms with Gasteiger partial charge in [0.25, 0.3) is 0 Å². The Morgan fingerprint density at radius 1 is 1.12 bits per heavy atom. The lowest BCUT2D eigenvalue weighted by Crippen LogP contribution is -2.29. The number of nitrogens with zero attached hydrogens (tertiary/aromatic N) is 1. The fraction of sp³-hybridized carbons (Fsp3) is 0.400. The van der Waals surface area contributed by atoms with Gasteiger partial charge in [-0.3, -0.25) is 8.42 Å². The average Bonchev–Trinajstić information content (AvgIpc) is 2.25. The molecule has 1 N–H and O–H groups in total. The van der Waals surface area contributed by atoms with Gasteiger partial charge in [0.2, 0.25) is 0 Å². The van der Waals surface area contributed by atoms with Crippen molar-refractivity contribution in [3.05, 3.63) is 30.3 Å². The minimum Gasteiger partial charge on any atom is -0.759 e. The van der Waals surface area contributed by atoms with Crippen LogP contribution >= 0.6 is 0 Å². The maximum Gasteiger partial charge on any atom is 0.0490 e. The zero-order chi connectivity index (χ0) is 13.3. The van der Waals surface area contributed by atoms with Gasteiger partial charge in [-0.05, 0) is 12.1 Å². The lowest BCUT2D eigenvalue weighted by molar-refractivity contribution is 0.352. The fourth-order valence-corrected chi connectivity index (χ4v) is 1.08. The Balaban J connectivity index is 0.000000437. The van der Waals surface area contributed by atoms with E-state index in [0.717, 1.165) is 18.8 Å². The largest absolute Gasteiger partial charge is 0.759 e. The van der Waals surface area contributed by atoms with E-state index in [0.29, 0.717) is 0 Å². The van der Waals surface area contributed by atoms with Crippen molar-refractivity contribution in [2.45, 2.75) is 13.8 Å². The fourth-order valence-electron chi connectivity index (χ4n) is 1.08. The molecule has 0 aliphatic heterocycles. The van der Waals surface area contributed by atoms with Gasteiger partial charge in [0.1, 0.15) is 0 Å². The molecule has 0 spiro atoms. The molecular formula is C10H16N2O4S-2. The van der Waals surface area contributed by atoms with Crippen LogP contribution in [0.4, 0.5) is 5.69 Å². The van der Waals surface area contributed by atoms with Gasteiger partial charge in [0.05, 0.1) is 0 Å². The molecule has 1 aromatic carbocycles. The Bertz CT molecular complexity index is 382. The smallest absolute Gasteiger partial charge is 0.0490 e. The van der Waals surface area contributed by atoms with Crippen molar-refractivity contribution in [1.29, 1.82) is 0 Å². The van der Waals surface area contributed by atoms with Crippen molar-refractivity contribution >= 4 is 16.1 Å². The predicted octanol–water partition coefficient (Wildman–Crippen LogP) is 1.02. The molecule has 7 heteroatoms. The summed E-state index contributed by atoms with van der Waals surface area (Å²) in [6.07, 6.45) is 0. The molecule has 0 amide bonds. The first-order chi connectivity index (χ1) is 7.86. The van der Waals surface area contributed by atoms with Crippen LogP contribution in [0, 0.1) is 0 Å². The number of hydrazine groups is 1. The third kappa shape index (κ3) is 11.1. The molecule has 1 rings (SSSR count). The van der Waals surface area contributed by atoms with Crippen LogP contribution in [-0.4, -0.2) is 35.6 Å². The molecule has 0 bridgehead atoms. The van der Waals surface area contributed by atoms with Gasteiger partial charge in [0.15, 0.2) is 0 Å². The summed E-state index contributed by atoms with van der Waals surface area (Å²) in [7, 11) is -5.17. The molecule has 0 fully saturated rings. The van der Waals surface area contributed by atoms with Gasteiger partial charge in [-0.2, -0.15) is 0 Å². The Kier molecular flexibility index (Phi) is 7.47. The maximum absolute atomic E-state index is 8.52. The molecule has 0 unspecified atom stereocenters. The van der Waals surface area contributed by atoms with Crippen molar-refractivity contribution in [3.63, 3.8) is 0 Å². The third-order valence-corrected chi connectivity index (χ3v) is 1.82. The number of anilines is 1.